The van der Waals surface area contributed by atoms with E-state index in [1.54, 1.807) is 24.3 Å². The highest BCUT2D eigenvalue weighted by molar-refractivity contribution is 6.30. The van der Waals surface area contributed by atoms with Crippen LogP contribution in [0.25, 0.3) is 11.3 Å². The van der Waals surface area contributed by atoms with Gasteiger partial charge in [-0.15, -0.1) is 0 Å². The Bertz CT molecular complexity index is 903. The lowest BCUT2D eigenvalue weighted by Gasteiger charge is -2.02. The van der Waals surface area contributed by atoms with Crippen molar-refractivity contribution in [2.24, 2.45) is 0 Å². The number of furan rings is 1. The van der Waals surface area contributed by atoms with Gasteiger partial charge in [0.2, 0.25) is 12.2 Å². The van der Waals surface area contributed by atoms with Gasteiger partial charge in [-0.1, -0.05) is 16.6 Å². The third kappa shape index (κ3) is 4.21. The van der Waals surface area contributed by atoms with E-state index in [2.05, 4.69) is 15.4 Å². The van der Waals surface area contributed by atoms with Crippen LogP contribution in [0, 0.1) is 10.1 Å². The van der Waals surface area contributed by atoms with Crippen LogP contribution in [0.15, 0.2) is 47.1 Å². The van der Waals surface area contributed by atoms with E-state index in [4.69, 9.17) is 16.0 Å². The Morgan fingerprint density at radius 2 is 2.04 bits per heavy atom. The van der Waals surface area contributed by atoms with Crippen LogP contribution in [-0.2, 0) is 17.9 Å². The number of hydrogen-bond donors (Lipinski definition) is 1. The molecule has 10 heteroatoms. The summed E-state index contributed by atoms with van der Waals surface area (Å²) in [6, 6.07) is 10.7. The second-order valence-electron chi connectivity index (χ2n) is 5.05. The van der Waals surface area contributed by atoms with Gasteiger partial charge in [-0.05, 0) is 41.3 Å². The molecule has 0 fully saturated rings. The van der Waals surface area contributed by atoms with E-state index < -0.39 is 10.9 Å². The molecular formula is C15H12ClN5O4. The minimum Gasteiger partial charge on any atom is -0.459 e. The summed E-state index contributed by atoms with van der Waals surface area (Å²) in [7, 11) is 0. The number of aromatic nitrogens is 3. The number of nitrogens with one attached hydrogen (secondary N) is 1. The van der Waals surface area contributed by atoms with Gasteiger partial charge in [0.15, 0.2) is 0 Å². The Balaban J connectivity index is 1.55. The Hall–Kier alpha value is -3.20. The first-order valence-corrected chi connectivity index (χ1v) is 7.54. The maximum absolute atomic E-state index is 11.9. The van der Waals surface area contributed by atoms with Crippen LogP contribution in [0.2, 0.25) is 5.02 Å². The van der Waals surface area contributed by atoms with Crippen LogP contribution in [-0.4, -0.2) is 25.6 Å². The first-order chi connectivity index (χ1) is 12.0. The van der Waals surface area contributed by atoms with Gasteiger partial charge in [0.25, 0.3) is 0 Å². The van der Waals surface area contributed by atoms with E-state index in [0.29, 0.717) is 16.5 Å². The van der Waals surface area contributed by atoms with Gasteiger partial charge < -0.3 is 19.8 Å². The molecule has 2 aromatic heterocycles. The standard InChI is InChI=1S/C15H12ClN5O4/c16-11-3-1-10(2-4-11)13-6-5-12(25-13)7-17-14(22)8-20-9-18-15(19-20)21(23)24/h1-6,9H,7-8H2,(H,17,22). The molecule has 0 saturated carbocycles. The molecule has 0 spiro atoms. The molecule has 1 amide bonds. The average molecular weight is 362 g/mol. The Kier molecular flexibility index (Phi) is 4.75. The largest absolute Gasteiger partial charge is 0.490 e. The molecule has 0 radical (unpaired) electrons. The predicted octanol–water partition coefficient (Wildman–Crippen LogP) is 2.42. The number of nitro groups is 1. The molecule has 3 rings (SSSR count). The number of hydrogen-bond acceptors (Lipinski definition) is 6. The average Bonchev–Trinajstić information content (AvgIpc) is 3.23. The Labute approximate surface area is 146 Å². The number of halogens is 1. The second kappa shape index (κ2) is 7.14. The number of carbonyl (C=O) groups is 1. The van der Waals surface area contributed by atoms with Gasteiger partial charge in [-0.2, -0.15) is 4.68 Å². The van der Waals surface area contributed by atoms with Crippen LogP contribution < -0.4 is 5.32 Å². The van der Waals surface area contributed by atoms with Gasteiger partial charge in [-0.3, -0.25) is 4.79 Å². The van der Waals surface area contributed by atoms with Crippen LogP contribution in [0.1, 0.15) is 5.76 Å². The summed E-state index contributed by atoms with van der Waals surface area (Å²) in [5.41, 5.74) is 0.872. The van der Waals surface area contributed by atoms with Gasteiger partial charge in [-0.25, -0.2) is 0 Å². The highest BCUT2D eigenvalue weighted by Crippen LogP contribution is 2.23. The highest BCUT2D eigenvalue weighted by Gasteiger charge is 2.15. The lowest BCUT2D eigenvalue weighted by molar-refractivity contribution is -0.394. The highest BCUT2D eigenvalue weighted by atomic mass is 35.5. The van der Waals surface area contributed by atoms with E-state index in [0.717, 1.165) is 16.6 Å². The molecule has 0 aliphatic rings. The zero-order valence-electron chi connectivity index (χ0n) is 12.8. The molecule has 0 saturated heterocycles. The lowest BCUT2D eigenvalue weighted by Crippen LogP contribution is -2.27. The van der Waals surface area contributed by atoms with Crippen molar-refractivity contribution in [1.29, 1.82) is 0 Å². The van der Waals surface area contributed by atoms with E-state index in [1.165, 1.54) is 0 Å². The molecule has 3 aromatic rings. The van der Waals surface area contributed by atoms with Crippen molar-refractivity contribution in [1.82, 2.24) is 20.1 Å². The number of nitrogens with zero attached hydrogens (tertiary/aromatic N) is 4. The van der Waals surface area contributed by atoms with Crippen molar-refractivity contribution in [2.75, 3.05) is 0 Å². The summed E-state index contributed by atoms with van der Waals surface area (Å²) >= 11 is 5.85. The number of rotatable bonds is 6. The minimum absolute atomic E-state index is 0.175. The van der Waals surface area contributed by atoms with Gasteiger partial charge in [0.05, 0.1) is 6.54 Å². The molecule has 0 unspecified atom stereocenters. The molecule has 0 bridgehead atoms. The SMILES string of the molecule is O=C(Cn1cnc([N+](=O)[O-])n1)NCc1ccc(-c2ccc(Cl)cc2)o1. The molecule has 0 aliphatic heterocycles. The quantitative estimate of drug-likeness (QED) is 0.532. The van der Waals surface area contributed by atoms with Crippen LogP contribution in [0.3, 0.4) is 0 Å². The van der Waals surface area contributed by atoms with Crippen molar-refractivity contribution < 1.29 is 14.1 Å². The minimum atomic E-state index is -0.727. The topological polar surface area (TPSA) is 116 Å². The van der Waals surface area contributed by atoms with Gasteiger partial charge in [0, 0.05) is 15.7 Å². The Morgan fingerprint density at radius 3 is 2.72 bits per heavy atom. The van der Waals surface area contributed by atoms with E-state index >= 15 is 0 Å². The van der Waals surface area contributed by atoms with Crippen LogP contribution >= 0.6 is 11.6 Å². The van der Waals surface area contributed by atoms with Gasteiger partial charge in [0.1, 0.15) is 18.1 Å². The lowest BCUT2D eigenvalue weighted by atomic mass is 10.2. The van der Waals surface area contributed by atoms with Crippen molar-refractivity contribution in [2.45, 2.75) is 13.1 Å². The zero-order valence-corrected chi connectivity index (χ0v) is 13.5. The third-order valence-corrected chi connectivity index (χ3v) is 3.50. The molecular weight excluding hydrogens is 350 g/mol. The van der Waals surface area contributed by atoms with Crippen molar-refractivity contribution in [3.63, 3.8) is 0 Å². The van der Waals surface area contributed by atoms with E-state index in [-0.39, 0.29) is 19.0 Å². The molecule has 25 heavy (non-hydrogen) atoms. The number of carbonyl (C=O) groups excluding carboxylic acids is 1. The Morgan fingerprint density at radius 1 is 1.28 bits per heavy atom. The summed E-state index contributed by atoms with van der Waals surface area (Å²) in [6.45, 7) is 0.00873. The smallest absolute Gasteiger partial charge is 0.459 e. The first kappa shape index (κ1) is 16.7. The maximum atomic E-state index is 11.9. The summed E-state index contributed by atoms with van der Waals surface area (Å²) in [6.07, 6.45) is 1.13. The summed E-state index contributed by atoms with van der Waals surface area (Å²) in [5, 5.41) is 17.3. The normalized spacial score (nSPS) is 10.6. The second-order valence-corrected chi connectivity index (χ2v) is 5.49. The molecule has 2 heterocycles. The van der Waals surface area contributed by atoms with Crippen molar-refractivity contribution in [3.8, 4) is 11.3 Å². The van der Waals surface area contributed by atoms with E-state index in [1.807, 2.05) is 12.1 Å². The van der Waals surface area contributed by atoms with Crippen LogP contribution in [0.4, 0.5) is 5.95 Å². The molecule has 1 N–H and O–H groups in total. The fraction of sp³-hybridized carbons (Fsp3) is 0.133. The number of amides is 1. The van der Waals surface area contributed by atoms with Gasteiger partial charge >= 0.3 is 5.95 Å². The van der Waals surface area contributed by atoms with Crippen LogP contribution in [0.5, 0.6) is 0 Å². The fourth-order valence-electron chi connectivity index (χ4n) is 2.08. The molecule has 0 aliphatic carbocycles. The summed E-state index contributed by atoms with van der Waals surface area (Å²) in [4.78, 5) is 25.1. The summed E-state index contributed by atoms with van der Waals surface area (Å²) in [5.74, 6) is 0.311. The number of benzene rings is 1. The third-order valence-electron chi connectivity index (χ3n) is 3.24. The molecule has 9 nitrogen and oxygen atoms in total. The monoisotopic (exact) mass is 361 g/mol. The van der Waals surface area contributed by atoms with E-state index in [9.17, 15) is 14.9 Å². The molecule has 0 atom stereocenters. The molecule has 1 aromatic carbocycles. The first-order valence-electron chi connectivity index (χ1n) is 7.16. The fourth-order valence-corrected chi connectivity index (χ4v) is 2.20. The summed E-state index contributed by atoms with van der Waals surface area (Å²) < 4.78 is 6.76. The van der Waals surface area contributed by atoms with Crippen molar-refractivity contribution >= 4 is 23.5 Å². The molecule has 128 valence electrons. The maximum Gasteiger partial charge on any atom is 0.490 e. The zero-order chi connectivity index (χ0) is 17.8. The van der Waals surface area contributed by atoms with Crippen molar-refractivity contribution in [3.05, 3.63) is 63.6 Å². The predicted molar refractivity (Wildman–Crippen MR) is 87.7 cm³/mol.